The molecule has 0 aromatic heterocycles. The van der Waals surface area contributed by atoms with Gasteiger partial charge in [0.05, 0.1) is 25.9 Å². The molecule has 1 atom stereocenters. The fourth-order valence-corrected chi connectivity index (χ4v) is 2.42. The van der Waals surface area contributed by atoms with Crippen molar-refractivity contribution in [3.8, 4) is 11.5 Å². The number of nitrogens with zero attached hydrogens (tertiary/aromatic N) is 1. The van der Waals surface area contributed by atoms with E-state index in [-0.39, 0.29) is 5.91 Å². The van der Waals surface area contributed by atoms with Crippen LogP contribution in [0.25, 0.3) is 0 Å². The molecule has 0 fully saturated rings. The van der Waals surface area contributed by atoms with E-state index >= 15 is 0 Å². The number of hydrogen-bond acceptors (Lipinski definition) is 4. The van der Waals surface area contributed by atoms with E-state index in [1.54, 1.807) is 19.1 Å². The maximum absolute atomic E-state index is 12.2. The number of amides is 1. The van der Waals surface area contributed by atoms with E-state index in [4.69, 9.17) is 15.2 Å². The summed E-state index contributed by atoms with van der Waals surface area (Å²) in [6.45, 7) is 2.56. The molecule has 1 aromatic carbocycles. The van der Waals surface area contributed by atoms with Crippen LogP contribution in [0.3, 0.4) is 0 Å². The minimum Gasteiger partial charge on any atom is -0.493 e. The summed E-state index contributed by atoms with van der Waals surface area (Å²) in [6, 6.07) is 3.27. The molecule has 1 aromatic rings. The molecule has 1 amide bonds. The molecule has 19 heavy (non-hydrogen) atoms. The highest BCUT2D eigenvalue weighted by Gasteiger charge is 2.30. The number of carbonyl (C=O) groups is 1. The lowest BCUT2D eigenvalue weighted by atomic mass is 10.1. The van der Waals surface area contributed by atoms with E-state index in [9.17, 15) is 4.79 Å². The lowest BCUT2D eigenvalue weighted by Gasteiger charge is -2.21. The van der Waals surface area contributed by atoms with Crippen molar-refractivity contribution in [1.82, 2.24) is 0 Å². The Morgan fingerprint density at radius 3 is 2.74 bits per heavy atom. The molecule has 0 saturated carbocycles. The fraction of sp³-hybridized carbons (Fsp3) is 0.500. The van der Waals surface area contributed by atoms with Crippen molar-refractivity contribution >= 4 is 11.6 Å². The van der Waals surface area contributed by atoms with Gasteiger partial charge in [0.15, 0.2) is 11.5 Å². The van der Waals surface area contributed by atoms with Crippen molar-refractivity contribution < 1.29 is 14.3 Å². The number of hydrogen-bond donors (Lipinski definition) is 1. The standard InChI is InChI=1S/C14H20N2O3/c1-4-10(15)14(17)16-8-7-9-11(16)5-6-12(18-2)13(9)19-3/h5-6,10H,4,7-8,15H2,1-3H3/t10-/m0/s1. The summed E-state index contributed by atoms with van der Waals surface area (Å²) in [5.41, 5.74) is 7.73. The molecule has 0 aliphatic carbocycles. The Balaban J connectivity index is 2.38. The highest BCUT2D eigenvalue weighted by atomic mass is 16.5. The van der Waals surface area contributed by atoms with Gasteiger partial charge in [0.2, 0.25) is 5.91 Å². The van der Waals surface area contributed by atoms with Gasteiger partial charge in [-0.2, -0.15) is 0 Å². The zero-order valence-electron chi connectivity index (χ0n) is 11.6. The number of carbonyl (C=O) groups excluding carboxylic acids is 1. The number of ether oxygens (including phenoxy) is 2. The van der Waals surface area contributed by atoms with E-state index < -0.39 is 6.04 Å². The van der Waals surface area contributed by atoms with Crippen LogP contribution in [0.4, 0.5) is 5.69 Å². The minimum atomic E-state index is -0.445. The molecule has 2 rings (SSSR count). The average molecular weight is 264 g/mol. The molecule has 104 valence electrons. The van der Waals surface area contributed by atoms with Crippen LogP contribution in [0, 0.1) is 0 Å². The maximum Gasteiger partial charge on any atom is 0.243 e. The summed E-state index contributed by atoms with van der Waals surface area (Å²) in [5, 5.41) is 0. The van der Waals surface area contributed by atoms with Gasteiger partial charge in [-0.3, -0.25) is 4.79 Å². The largest absolute Gasteiger partial charge is 0.493 e. The molecule has 5 nitrogen and oxygen atoms in total. The van der Waals surface area contributed by atoms with Gasteiger partial charge < -0.3 is 20.1 Å². The van der Waals surface area contributed by atoms with Crippen LogP contribution in [0.2, 0.25) is 0 Å². The van der Waals surface area contributed by atoms with Gasteiger partial charge >= 0.3 is 0 Å². The summed E-state index contributed by atoms with van der Waals surface area (Å²) in [4.78, 5) is 14.0. The smallest absolute Gasteiger partial charge is 0.243 e. The van der Waals surface area contributed by atoms with Gasteiger partial charge in [-0.25, -0.2) is 0 Å². The van der Waals surface area contributed by atoms with Crippen molar-refractivity contribution in [2.24, 2.45) is 5.73 Å². The molecule has 1 aliphatic rings. The topological polar surface area (TPSA) is 64.8 Å². The normalized spacial score (nSPS) is 15.1. The number of nitrogens with two attached hydrogens (primary N) is 1. The second-order valence-corrected chi connectivity index (χ2v) is 4.55. The number of anilines is 1. The van der Waals surface area contributed by atoms with Crippen LogP contribution in [-0.4, -0.2) is 32.7 Å². The number of benzene rings is 1. The Labute approximate surface area is 113 Å². The van der Waals surface area contributed by atoms with Gasteiger partial charge in [0.25, 0.3) is 0 Å². The Morgan fingerprint density at radius 2 is 2.16 bits per heavy atom. The first kappa shape index (κ1) is 13.7. The van der Waals surface area contributed by atoms with Gasteiger partial charge in [-0.15, -0.1) is 0 Å². The van der Waals surface area contributed by atoms with Gasteiger partial charge in [-0.1, -0.05) is 6.92 Å². The molecule has 1 heterocycles. The summed E-state index contributed by atoms with van der Waals surface area (Å²) >= 11 is 0. The Kier molecular flexibility index (Phi) is 3.95. The minimum absolute atomic E-state index is 0.0338. The molecule has 0 bridgehead atoms. The van der Waals surface area contributed by atoms with E-state index in [0.717, 1.165) is 17.7 Å². The highest BCUT2D eigenvalue weighted by Crippen LogP contribution is 2.41. The summed E-state index contributed by atoms with van der Waals surface area (Å²) in [7, 11) is 3.22. The van der Waals surface area contributed by atoms with Crippen LogP contribution in [0.15, 0.2) is 12.1 Å². The summed E-state index contributed by atoms with van der Waals surface area (Å²) in [6.07, 6.45) is 1.40. The molecule has 0 spiro atoms. The van der Waals surface area contributed by atoms with Crippen LogP contribution < -0.4 is 20.1 Å². The van der Waals surface area contributed by atoms with Crippen LogP contribution >= 0.6 is 0 Å². The number of fused-ring (bicyclic) bond motifs is 1. The predicted molar refractivity (Wildman–Crippen MR) is 73.9 cm³/mol. The maximum atomic E-state index is 12.2. The first-order chi connectivity index (χ1) is 9.13. The Hall–Kier alpha value is -1.75. The summed E-state index contributed by atoms with van der Waals surface area (Å²) in [5.74, 6) is 1.36. The lowest BCUT2D eigenvalue weighted by molar-refractivity contribution is -0.119. The zero-order chi connectivity index (χ0) is 14.0. The average Bonchev–Trinajstić information content (AvgIpc) is 2.88. The molecule has 1 aliphatic heterocycles. The van der Waals surface area contributed by atoms with Gasteiger partial charge in [0, 0.05) is 12.1 Å². The molecule has 0 saturated heterocycles. The molecule has 5 heteroatoms. The van der Waals surface area contributed by atoms with Crippen LogP contribution in [0.5, 0.6) is 11.5 Å². The molecular weight excluding hydrogens is 244 g/mol. The quantitative estimate of drug-likeness (QED) is 0.891. The monoisotopic (exact) mass is 264 g/mol. The SMILES string of the molecule is CC[C@H](N)C(=O)N1CCc2c1ccc(OC)c2OC. The lowest BCUT2D eigenvalue weighted by Crippen LogP contribution is -2.42. The molecule has 0 unspecified atom stereocenters. The summed E-state index contributed by atoms with van der Waals surface area (Å²) < 4.78 is 10.7. The van der Waals surface area contributed by atoms with Crippen LogP contribution in [0.1, 0.15) is 18.9 Å². The number of rotatable bonds is 4. The van der Waals surface area contributed by atoms with Gasteiger partial charge in [0.1, 0.15) is 0 Å². The molecule has 0 radical (unpaired) electrons. The molecular formula is C14H20N2O3. The van der Waals surface area contributed by atoms with E-state index in [1.807, 2.05) is 19.1 Å². The third-order valence-corrected chi connectivity index (χ3v) is 3.52. The highest BCUT2D eigenvalue weighted by molar-refractivity contribution is 5.99. The van der Waals surface area contributed by atoms with E-state index in [1.165, 1.54) is 0 Å². The van der Waals surface area contributed by atoms with Crippen molar-refractivity contribution in [1.29, 1.82) is 0 Å². The van der Waals surface area contributed by atoms with Crippen molar-refractivity contribution in [2.75, 3.05) is 25.7 Å². The molecule has 2 N–H and O–H groups in total. The van der Waals surface area contributed by atoms with E-state index in [2.05, 4.69) is 0 Å². The van der Waals surface area contributed by atoms with Gasteiger partial charge in [-0.05, 0) is 25.0 Å². The second kappa shape index (κ2) is 5.48. The predicted octanol–water partition coefficient (Wildman–Crippen LogP) is 1.33. The Morgan fingerprint density at radius 1 is 1.42 bits per heavy atom. The Bertz CT molecular complexity index is 488. The zero-order valence-corrected chi connectivity index (χ0v) is 11.6. The number of methoxy groups -OCH3 is 2. The first-order valence-electron chi connectivity index (χ1n) is 6.44. The first-order valence-corrected chi connectivity index (χ1v) is 6.44. The van der Waals surface area contributed by atoms with Crippen molar-refractivity contribution in [2.45, 2.75) is 25.8 Å². The fourth-order valence-electron chi connectivity index (χ4n) is 2.42. The third kappa shape index (κ3) is 2.26. The van der Waals surface area contributed by atoms with Crippen molar-refractivity contribution in [3.63, 3.8) is 0 Å². The van der Waals surface area contributed by atoms with Crippen molar-refractivity contribution in [3.05, 3.63) is 17.7 Å². The second-order valence-electron chi connectivity index (χ2n) is 4.55. The van der Waals surface area contributed by atoms with E-state index in [0.29, 0.717) is 24.5 Å². The third-order valence-electron chi connectivity index (χ3n) is 3.52. The van der Waals surface area contributed by atoms with Crippen LogP contribution in [-0.2, 0) is 11.2 Å².